The average Bonchev–Trinajstić information content (AvgIpc) is 3.22. The van der Waals surface area contributed by atoms with Gasteiger partial charge in [-0.15, -0.1) is 0 Å². The van der Waals surface area contributed by atoms with Crippen LogP contribution >= 0.6 is 0 Å². The van der Waals surface area contributed by atoms with E-state index in [1.165, 1.54) is 5.56 Å². The Kier molecular flexibility index (Phi) is 4.77. The zero-order valence-corrected chi connectivity index (χ0v) is 16.2. The number of carbonyl (C=O) groups excluding carboxylic acids is 1. The third-order valence-electron chi connectivity index (χ3n) is 5.54. The Morgan fingerprint density at radius 1 is 1.00 bits per heavy atom. The van der Waals surface area contributed by atoms with Gasteiger partial charge in [-0.2, -0.15) is 0 Å². The molecular weight excluding hydrogens is 366 g/mol. The summed E-state index contributed by atoms with van der Waals surface area (Å²) in [6.45, 7) is 3.78. The summed E-state index contributed by atoms with van der Waals surface area (Å²) in [5, 5.41) is 0.999. The lowest BCUT2D eigenvalue weighted by atomic mass is 10.2. The first-order valence-corrected chi connectivity index (χ1v) is 10.0. The minimum absolute atomic E-state index is 0.00307. The number of aromatic nitrogens is 1. The van der Waals surface area contributed by atoms with Gasteiger partial charge >= 0.3 is 0 Å². The van der Waals surface area contributed by atoms with E-state index in [0.29, 0.717) is 25.5 Å². The molecule has 0 unspecified atom stereocenters. The van der Waals surface area contributed by atoms with Crippen molar-refractivity contribution in [2.75, 3.05) is 49.3 Å². The summed E-state index contributed by atoms with van der Waals surface area (Å²) >= 11 is 0. The quantitative estimate of drug-likeness (QED) is 0.687. The molecule has 148 valence electrons. The molecule has 1 aromatic heterocycles. The third kappa shape index (κ3) is 3.51. The fourth-order valence-electron chi connectivity index (χ4n) is 4.01. The maximum atomic E-state index is 12.8. The van der Waals surface area contributed by atoms with E-state index in [0.717, 1.165) is 41.9 Å². The molecule has 2 aromatic carbocycles. The van der Waals surface area contributed by atoms with Crippen LogP contribution in [0, 0.1) is 0 Å². The second kappa shape index (κ2) is 7.72. The molecule has 0 atom stereocenters. The predicted molar refractivity (Wildman–Crippen MR) is 113 cm³/mol. The van der Waals surface area contributed by atoms with Crippen LogP contribution in [0.3, 0.4) is 0 Å². The van der Waals surface area contributed by atoms with Gasteiger partial charge in [0.2, 0.25) is 0 Å². The number of hydrogen-bond donors (Lipinski definition) is 0. The molecule has 6 heteroatoms. The van der Waals surface area contributed by atoms with Crippen molar-refractivity contribution >= 4 is 28.3 Å². The number of hydrogen-bond acceptors (Lipinski definition) is 5. The van der Waals surface area contributed by atoms with Crippen molar-refractivity contribution in [2.24, 2.45) is 0 Å². The van der Waals surface area contributed by atoms with Gasteiger partial charge in [0.15, 0.2) is 6.61 Å². The highest BCUT2D eigenvalue weighted by molar-refractivity contribution is 5.96. The minimum Gasteiger partial charge on any atom is -0.481 e. The summed E-state index contributed by atoms with van der Waals surface area (Å²) in [5.41, 5.74) is 2.99. The number of benzene rings is 2. The van der Waals surface area contributed by atoms with Gasteiger partial charge in [0.1, 0.15) is 17.1 Å². The Balaban J connectivity index is 1.35. The summed E-state index contributed by atoms with van der Waals surface area (Å²) in [6.07, 6.45) is 0.890. The SMILES string of the molecule is O=C(COc1cccc2ccc(N3CCOCC3)nc12)N1CCc2ccccc21. The molecule has 3 heterocycles. The molecule has 0 aliphatic carbocycles. The number of anilines is 2. The highest BCUT2D eigenvalue weighted by atomic mass is 16.5. The third-order valence-corrected chi connectivity index (χ3v) is 5.54. The molecule has 0 saturated carbocycles. The molecule has 29 heavy (non-hydrogen) atoms. The number of fused-ring (bicyclic) bond motifs is 2. The number of ether oxygens (including phenoxy) is 2. The summed E-state index contributed by atoms with van der Waals surface area (Å²) < 4.78 is 11.4. The van der Waals surface area contributed by atoms with Crippen LogP contribution in [0.1, 0.15) is 5.56 Å². The number of rotatable bonds is 4. The second-order valence-corrected chi connectivity index (χ2v) is 7.31. The van der Waals surface area contributed by atoms with E-state index >= 15 is 0 Å². The van der Waals surface area contributed by atoms with E-state index in [1.807, 2.05) is 47.4 Å². The summed E-state index contributed by atoms with van der Waals surface area (Å²) in [6, 6.07) is 18.0. The number of para-hydroxylation sites is 2. The molecular formula is C23H23N3O3. The van der Waals surface area contributed by atoms with Crippen LogP contribution in [0.5, 0.6) is 5.75 Å². The van der Waals surface area contributed by atoms with Crippen LogP contribution in [0.2, 0.25) is 0 Å². The molecule has 5 rings (SSSR count). The Morgan fingerprint density at radius 2 is 1.86 bits per heavy atom. The minimum atomic E-state index is -0.0312. The van der Waals surface area contributed by atoms with Crippen molar-refractivity contribution in [2.45, 2.75) is 6.42 Å². The molecule has 1 amide bonds. The fraction of sp³-hybridized carbons (Fsp3) is 0.304. The molecule has 0 bridgehead atoms. The average molecular weight is 389 g/mol. The maximum absolute atomic E-state index is 12.8. The predicted octanol–water partition coefficient (Wildman–Crippen LogP) is 3.04. The van der Waals surface area contributed by atoms with Crippen molar-refractivity contribution < 1.29 is 14.3 Å². The second-order valence-electron chi connectivity index (χ2n) is 7.31. The van der Waals surface area contributed by atoms with Crippen LogP contribution in [0.4, 0.5) is 11.5 Å². The molecule has 1 fully saturated rings. The monoisotopic (exact) mass is 389 g/mol. The summed E-state index contributed by atoms with van der Waals surface area (Å²) in [7, 11) is 0. The van der Waals surface area contributed by atoms with E-state index in [9.17, 15) is 4.79 Å². The van der Waals surface area contributed by atoms with E-state index < -0.39 is 0 Å². The topological polar surface area (TPSA) is 54.9 Å². The van der Waals surface area contributed by atoms with Crippen LogP contribution in [-0.2, 0) is 16.0 Å². The lowest BCUT2D eigenvalue weighted by Gasteiger charge is -2.28. The molecule has 3 aromatic rings. The number of morpholine rings is 1. The van der Waals surface area contributed by atoms with Gasteiger partial charge in [-0.05, 0) is 36.2 Å². The lowest BCUT2D eigenvalue weighted by Crippen LogP contribution is -2.36. The van der Waals surface area contributed by atoms with Crippen molar-refractivity contribution in [3.8, 4) is 5.75 Å². The Labute approximate surface area is 169 Å². The van der Waals surface area contributed by atoms with Gasteiger partial charge in [0.05, 0.1) is 13.2 Å². The highest BCUT2D eigenvalue weighted by Gasteiger charge is 2.24. The Morgan fingerprint density at radius 3 is 2.76 bits per heavy atom. The van der Waals surface area contributed by atoms with E-state index in [1.54, 1.807) is 0 Å². The zero-order valence-electron chi connectivity index (χ0n) is 16.2. The van der Waals surface area contributed by atoms with Gasteiger partial charge in [-0.1, -0.05) is 30.3 Å². The normalized spacial score (nSPS) is 16.1. The number of amides is 1. The van der Waals surface area contributed by atoms with Gasteiger partial charge < -0.3 is 19.3 Å². The first-order chi connectivity index (χ1) is 14.3. The number of nitrogens with zero attached hydrogens (tertiary/aromatic N) is 3. The molecule has 2 aliphatic heterocycles. The molecule has 0 radical (unpaired) electrons. The largest absolute Gasteiger partial charge is 0.481 e. The van der Waals surface area contributed by atoms with Crippen LogP contribution in [0.15, 0.2) is 54.6 Å². The van der Waals surface area contributed by atoms with E-state index in [2.05, 4.69) is 17.0 Å². The first-order valence-electron chi connectivity index (χ1n) is 10.0. The molecule has 2 aliphatic rings. The lowest BCUT2D eigenvalue weighted by molar-refractivity contribution is -0.120. The summed E-state index contributed by atoms with van der Waals surface area (Å²) in [4.78, 5) is 21.6. The van der Waals surface area contributed by atoms with E-state index in [4.69, 9.17) is 14.5 Å². The Hall–Kier alpha value is -3.12. The van der Waals surface area contributed by atoms with Crippen LogP contribution < -0.4 is 14.5 Å². The van der Waals surface area contributed by atoms with Crippen LogP contribution in [0.25, 0.3) is 10.9 Å². The van der Waals surface area contributed by atoms with Gasteiger partial charge in [-0.3, -0.25) is 4.79 Å². The Bertz CT molecular complexity index is 1050. The van der Waals surface area contributed by atoms with Gasteiger partial charge in [-0.25, -0.2) is 4.98 Å². The molecule has 1 saturated heterocycles. The van der Waals surface area contributed by atoms with Gasteiger partial charge in [0, 0.05) is 30.7 Å². The van der Waals surface area contributed by atoms with Crippen LogP contribution in [-0.4, -0.2) is 50.3 Å². The zero-order chi connectivity index (χ0) is 19.6. The maximum Gasteiger partial charge on any atom is 0.264 e. The smallest absolute Gasteiger partial charge is 0.264 e. The number of carbonyl (C=O) groups is 1. The first kappa shape index (κ1) is 17.9. The van der Waals surface area contributed by atoms with Crippen molar-refractivity contribution in [1.29, 1.82) is 0 Å². The number of pyridine rings is 1. The molecule has 0 N–H and O–H groups in total. The summed E-state index contributed by atoms with van der Waals surface area (Å²) in [5.74, 6) is 1.52. The molecule has 6 nitrogen and oxygen atoms in total. The fourth-order valence-corrected chi connectivity index (χ4v) is 4.01. The molecule has 0 spiro atoms. The van der Waals surface area contributed by atoms with Gasteiger partial charge in [0.25, 0.3) is 5.91 Å². The standard InChI is InChI=1S/C23H23N3O3/c27-22(26-11-10-17-4-1-2-6-19(17)26)16-29-20-7-3-5-18-8-9-21(24-23(18)20)25-12-14-28-15-13-25/h1-9H,10-16H2. The van der Waals surface area contributed by atoms with E-state index in [-0.39, 0.29) is 12.5 Å². The van der Waals surface area contributed by atoms with Crippen molar-refractivity contribution in [3.05, 3.63) is 60.2 Å². The highest BCUT2D eigenvalue weighted by Crippen LogP contribution is 2.29. The van der Waals surface area contributed by atoms with Crippen molar-refractivity contribution in [1.82, 2.24) is 4.98 Å². The van der Waals surface area contributed by atoms with Crippen molar-refractivity contribution in [3.63, 3.8) is 0 Å².